The van der Waals surface area contributed by atoms with Crippen molar-refractivity contribution in [3.8, 4) is 0 Å². The molecule has 1 N–H and O–H groups in total. The lowest BCUT2D eigenvalue weighted by molar-refractivity contribution is -0.134. The van der Waals surface area contributed by atoms with E-state index in [1.54, 1.807) is 0 Å². The Balaban J connectivity index is -0.0000000450. The van der Waals surface area contributed by atoms with E-state index in [0.717, 1.165) is 6.92 Å². The topological polar surface area (TPSA) is 37.3 Å². The van der Waals surface area contributed by atoms with Crippen molar-refractivity contribution < 1.29 is 28.3 Å². The van der Waals surface area contributed by atoms with Crippen LogP contribution in [0.5, 0.6) is 0 Å². The first-order valence-electron chi connectivity index (χ1n) is 0.928. The van der Waals surface area contributed by atoms with E-state index in [4.69, 9.17) is 9.90 Å². The van der Waals surface area contributed by atoms with Crippen molar-refractivity contribution in [3.63, 3.8) is 0 Å². The van der Waals surface area contributed by atoms with Crippen molar-refractivity contribution in [1.82, 2.24) is 0 Å². The molecule has 0 radical (unpaired) electrons. The molecular formula is C2H5BrO2. The molecule has 0 saturated heterocycles. The van der Waals surface area contributed by atoms with Gasteiger partial charge in [0.25, 0.3) is 5.97 Å². The van der Waals surface area contributed by atoms with E-state index >= 15 is 0 Å². The minimum Gasteiger partial charge on any atom is -1.00 e. The third kappa shape index (κ3) is 6010. The summed E-state index contributed by atoms with van der Waals surface area (Å²) in [5.74, 6) is -0.833. The van der Waals surface area contributed by atoms with Gasteiger partial charge in [0.05, 0.1) is 0 Å². The van der Waals surface area contributed by atoms with Crippen molar-refractivity contribution in [2.24, 2.45) is 0 Å². The Kier molecular flexibility index (Phi) is 7.01. The van der Waals surface area contributed by atoms with Crippen molar-refractivity contribution in [3.05, 3.63) is 0 Å². The Hall–Kier alpha value is -0.0500. The number of rotatable bonds is 0. The minimum absolute atomic E-state index is 0. The SMILES string of the molecule is CC(=O)O.[Br-].[H+]. The molecule has 0 unspecified atom stereocenters. The van der Waals surface area contributed by atoms with Crippen LogP contribution in [0.1, 0.15) is 8.35 Å². The second-order valence-corrected chi connectivity index (χ2v) is 0.519. The molecule has 0 aliphatic rings. The van der Waals surface area contributed by atoms with Gasteiger partial charge in [0.1, 0.15) is 0 Å². The maximum atomic E-state index is 9.00. The van der Waals surface area contributed by atoms with E-state index in [1.165, 1.54) is 0 Å². The number of hydrogen-bond acceptors (Lipinski definition) is 1. The Morgan fingerprint density at radius 1 is 2.00 bits per heavy atom. The Bertz CT molecular complexity index is 34.5. The molecule has 0 heterocycles. The van der Waals surface area contributed by atoms with Gasteiger partial charge in [-0.25, -0.2) is 0 Å². The third-order valence-electron chi connectivity index (χ3n) is 0. The van der Waals surface area contributed by atoms with Gasteiger partial charge in [0.2, 0.25) is 0 Å². The van der Waals surface area contributed by atoms with Crippen LogP contribution in [0.25, 0.3) is 0 Å². The fourth-order valence-electron chi connectivity index (χ4n) is 0. The molecule has 0 rings (SSSR count). The summed E-state index contributed by atoms with van der Waals surface area (Å²) >= 11 is 0. The van der Waals surface area contributed by atoms with Gasteiger partial charge >= 0.3 is 1.43 Å². The average Bonchev–Trinajstić information content (AvgIpc) is 0.811. The molecule has 0 amide bonds. The summed E-state index contributed by atoms with van der Waals surface area (Å²) in [7, 11) is 0. The molecule has 3 heteroatoms. The summed E-state index contributed by atoms with van der Waals surface area (Å²) in [6, 6.07) is 0. The summed E-state index contributed by atoms with van der Waals surface area (Å²) in [6.45, 7) is 1.08. The van der Waals surface area contributed by atoms with E-state index in [2.05, 4.69) is 0 Å². The first-order chi connectivity index (χ1) is 1.73. The zero-order chi connectivity index (χ0) is 3.58. The van der Waals surface area contributed by atoms with Crippen molar-refractivity contribution in [2.45, 2.75) is 6.92 Å². The van der Waals surface area contributed by atoms with Crippen LogP contribution in [0.4, 0.5) is 0 Å². The van der Waals surface area contributed by atoms with E-state index in [-0.39, 0.29) is 18.4 Å². The lowest BCUT2D eigenvalue weighted by Crippen LogP contribution is -3.00. The highest BCUT2D eigenvalue weighted by molar-refractivity contribution is 5.62. The Labute approximate surface area is 42.1 Å². The normalized spacial score (nSPS) is 5.00. The zero-order valence-corrected chi connectivity index (χ0v) is 4.32. The molecule has 0 aromatic heterocycles. The molecule has 2 nitrogen and oxygen atoms in total. The number of hydrogen-bond donors (Lipinski definition) is 1. The van der Waals surface area contributed by atoms with E-state index in [9.17, 15) is 0 Å². The van der Waals surface area contributed by atoms with Crippen LogP contribution in [0.15, 0.2) is 0 Å². The van der Waals surface area contributed by atoms with Gasteiger partial charge in [-0.15, -0.1) is 0 Å². The van der Waals surface area contributed by atoms with Crippen molar-refractivity contribution in [2.75, 3.05) is 0 Å². The van der Waals surface area contributed by atoms with Gasteiger partial charge in [-0.05, 0) is 0 Å². The van der Waals surface area contributed by atoms with Crippen LogP contribution < -0.4 is 17.0 Å². The molecular weight excluding hydrogens is 136 g/mol. The van der Waals surface area contributed by atoms with Crippen LogP contribution in [0, 0.1) is 0 Å². The van der Waals surface area contributed by atoms with Crippen LogP contribution in [0.2, 0.25) is 0 Å². The average molecular weight is 141 g/mol. The molecule has 0 atom stereocenters. The number of carbonyl (C=O) groups is 1. The first-order valence-corrected chi connectivity index (χ1v) is 0.928. The highest BCUT2D eigenvalue weighted by Gasteiger charge is 1.65. The van der Waals surface area contributed by atoms with E-state index in [1.807, 2.05) is 0 Å². The van der Waals surface area contributed by atoms with Gasteiger partial charge in [-0.1, -0.05) is 0 Å². The van der Waals surface area contributed by atoms with Gasteiger partial charge < -0.3 is 22.1 Å². The van der Waals surface area contributed by atoms with Crippen molar-refractivity contribution >= 4 is 5.97 Å². The smallest absolute Gasteiger partial charge is 1.00 e. The van der Waals surface area contributed by atoms with E-state index < -0.39 is 5.97 Å². The summed E-state index contributed by atoms with van der Waals surface area (Å²) in [5, 5.41) is 7.42. The highest BCUT2D eigenvalue weighted by Crippen LogP contribution is 1.42. The lowest BCUT2D eigenvalue weighted by atomic mass is 10.9. The predicted octanol–water partition coefficient (Wildman–Crippen LogP) is -2.79. The van der Waals surface area contributed by atoms with Crippen molar-refractivity contribution in [1.29, 1.82) is 0 Å². The quantitative estimate of drug-likeness (QED) is 0.395. The molecule has 5 heavy (non-hydrogen) atoms. The molecule has 0 aromatic carbocycles. The van der Waals surface area contributed by atoms with Gasteiger partial charge in [-0.3, -0.25) is 4.79 Å². The molecule has 0 saturated carbocycles. The van der Waals surface area contributed by atoms with Crippen LogP contribution >= 0.6 is 0 Å². The maximum absolute atomic E-state index is 9.00. The lowest BCUT2D eigenvalue weighted by Gasteiger charge is -1.59. The standard InChI is InChI=1S/C2H4O2.BrH/c1-2(3)4;/h1H3,(H,3,4);1H. The molecule has 0 bridgehead atoms. The molecule has 0 aromatic rings. The highest BCUT2D eigenvalue weighted by atomic mass is 79.9. The maximum Gasteiger partial charge on any atom is 1.00 e. The fourth-order valence-corrected chi connectivity index (χ4v) is 0. The largest absolute Gasteiger partial charge is 1.00 e. The van der Waals surface area contributed by atoms with Crippen LogP contribution in [0.3, 0.4) is 0 Å². The number of carboxylic acid groups (broad SMARTS) is 1. The molecule has 0 aliphatic heterocycles. The van der Waals surface area contributed by atoms with Gasteiger partial charge in [0.15, 0.2) is 0 Å². The van der Waals surface area contributed by atoms with Crippen LogP contribution in [-0.2, 0) is 4.79 Å². The molecule has 0 aliphatic carbocycles. The number of aliphatic carboxylic acids is 1. The Morgan fingerprint density at radius 2 is 2.00 bits per heavy atom. The summed E-state index contributed by atoms with van der Waals surface area (Å²) in [4.78, 5) is 9.00. The monoisotopic (exact) mass is 140 g/mol. The third-order valence-corrected chi connectivity index (χ3v) is 0. The van der Waals surface area contributed by atoms with Gasteiger partial charge in [0, 0.05) is 6.92 Å². The Morgan fingerprint density at radius 3 is 2.00 bits per heavy atom. The summed E-state index contributed by atoms with van der Waals surface area (Å²) in [5.41, 5.74) is 0. The molecule has 0 fully saturated rings. The first kappa shape index (κ1) is 8.87. The number of carboxylic acids is 1. The second kappa shape index (κ2) is 3.95. The van der Waals surface area contributed by atoms with E-state index in [0.29, 0.717) is 0 Å². The fraction of sp³-hybridized carbons (Fsp3) is 0.500. The summed E-state index contributed by atoms with van der Waals surface area (Å²) < 4.78 is 0. The predicted molar refractivity (Wildman–Crippen MR) is 14.4 cm³/mol. The number of halogens is 1. The van der Waals surface area contributed by atoms with Gasteiger partial charge in [-0.2, -0.15) is 0 Å². The van der Waals surface area contributed by atoms with Crippen LogP contribution in [-0.4, -0.2) is 11.1 Å². The molecule has 0 spiro atoms. The zero-order valence-electron chi connectivity index (χ0n) is 3.73. The summed E-state index contributed by atoms with van der Waals surface area (Å²) in [6.07, 6.45) is 0. The second-order valence-electron chi connectivity index (χ2n) is 0.519. The molecule has 32 valence electrons. The minimum atomic E-state index is -0.833.